The fraction of sp³-hybridized carbons (Fsp3) is 0.400. The predicted octanol–water partition coefficient (Wildman–Crippen LogP) is -0.321. The highest BCUT2D eigenvalue weighted by Crippen LogP contribution is 2.12. The van der Waals surface area contributed by atoms with Crippen molar-refractivity contribution in [3.8, 4) is 0 Å². The van der Waals surface area contributed by atoms with Crippen LogP contribution in [0.2, 0.25) is 0 Å². The Balaban J connectivity index is 2.09. The fourth-order valence-electron chi connectivity index (χ4n) is 1.44. The summed E-state index contributed by atoms with van der Waals surface area (Å²) in [5.41, 5.74) is 5.74. The van der Waals surface area contributed by atoms with Crippen molar-refractivity contribution in [3.63, 3.8) is 0 Å². The largest absolute Gasteiger partial charge is 0.446 e. The molecule has 1 aromatic heterocycles. The molecule has 0 saturated carbocycles. The number of nitrogens with two attached hydrogens (primary N) is 1. The van der Waals surface area contributed by atoms with Crippen LogP contribution in [-0.4, -0.2) is 40.6 Å². The molecule has 1 atom stereocenters. The Morgan fingerprint density at radius 2 is 2.31 bits per heavy atom. The third-order valence-electron chi connectivity index (χ3n) is 2.36. The lowest BCUT2D eigenvalue weighted by Crippen LogP contribution is -2.28. The summed E-state index contributed by atoms with van der Waals surface area (Å²) in [6.45, 7) is 0.916. The minimum atomic E-state index is -0.682. The molecule has 0 radical (unpaired) electrons. The summed E-state index contributed by atoms with van der Waals surface area (Å²) in [6, 6.07) is -0.682. The molecule has 0 aromatic carbocycles. The van der Waals surface area contributed by atoms with Crippen molar-refractivity contribution in [2.24, 2.45) is 5.73 Å². The van der Waals surface area contributed by atoms with Gasteiger partial charge in [0.2, 0.25) is 5.89 Å². The molecule has 0 aliphatic carbocycles. The van der Waals surface area contributed by atoms with E-state index in [2.05, 4.69) is 4.98 Å². The monoisotopic (exact) mass is 223 g/mol. The van der Waals surface area contributed by atoms with Crippen LogP contribution < -0.4 is 5.73 Å². The van der Waals surface area contributed by atoms with Gasteiger partial charge >= 0.3 is 0 Å². The first-order valence-corrected chi connectivity index (χ1v) is 4.98. The lowest BCUT2D eigenvalue weighted by atomic mass is 10.3. The number of carbonyl (C=O) groups excluding carboxylic acids is 1. The van der Waals surface area contributed by atoms with Gasteiger partial charge < -0.3 is 20.2 Å². The number of hydrogen-bond donors (Lipinski definition) is 2. The van der Waals surface area contributed by atoms with Crippen LogP contribution in [-0.2, 0) is 0 Å². The van der Waals surface area contributed by atoms with Crippen molar-refractivity contribution in [3.05, 3.63) is 30.0 Å². The van der Waals surface area contributed by atoms with Crippen LogP contribution in [0, 0.1) is 0 Å². The van der Waals surface area contributed by atoms with Crippen molar-refractivity contribution in [2.75, 3.05) is 19.7 Å². The number of aliphatic hydroxyl groups is 1. The summed E-state index contributed by atoms with van der Waals surface area (Å²) in [5.74, 6) is -0.0110. The minimum Gasteiger partial charge on any atom is -0.446 e. The van der Waals surface area contributed by atoms with Crippen molar-refractivity contribution < 1.29 is 14.3 Å². The first kappa shape index (κ1) is 10.8. The average Bonchev–Trinajstić information content (AvgIpc) is 2.97. The standard InChI is InChI=1S/C10H13N3O3/c11-7(5-14)9-12-8(6-16-9)10(15)13-3-1-2-4-13/h1-2,6-7,14H,3-5,11H2. The van der Waals surface area contributed by atoms with Crippen LogP contribution in [0.5, 0.6) is 0 Å². The predicted molar refractivity (Wildman–Crippen MR) is 55.6 cm³/mol. The van der Waals surface area contributed by atoms with Gasteiger partial charge in [0.15, 0.2) is 5.69 Å². The third kappa shape index (κ3) is 1.98. The summed E-state index contributed by atoms with van der Waals surface area (Å²) in [4.78, 5) is 17.4. The molecular weight excluding hydrogens is 210 g/mol. The molecule has 0 spiro atoms. The maximum absolute atomic E-state index is 11.8. The van der Waals surface area contributed by atoms with Gasteiger partial charge in [-0.15, -0.1) is 0 Å². The zero-order chi connectivity index (χ0) is 11.5. The van der Waals surface area contributed by atoms with E-state index < -0.39 is 6.04 Å². The van der Waals surface area contributed by atoms with Crippen LogP contribution in [0.1, 0.15) is 22.4 Å². The van der Waals surface area contributed by atoms with E-state index in [1.165, 1.54) is 6.26 Å². The topological polar surface area (TPSA) is 92.6 Å². The molecule has 16 heavy (non-hydrogen) atoms. The third-order valence-corrected chi connectivity index (χ3v) is 2.36. The van der Waals surface area contributed by atoms with Gasteiger partial charge in [-0.1, -0.05) is 12.2 Å². The molecule has 0 bridgehead atoms. The Hall–Kier alpha value is -1.66. The van der Waals surface area contributed by atoms with Crippen LogP contribution >= 0.6 is 0 Å². The maximum atomic E-state index is 11.8. The highest BCUT2D eigenvalue weighted by molar-refractivity contribution is 5.92. The van der Waals surface area contributed by atoms with E-state index in [-0.39, 0.29) is 24.1 Å². The molecule has 1 aliphatic rings. The summed E-state index contributed by atoms with van der Waals surface area (Å²) in [6.07, 6.45) is 5.10. The molecule has 1 unspecified atom stereocenters. The molecule has 3 N–H and O–H groups in total. The molecule has 1 aliphatic heterocycles. The van der Waals surface area contributed by atoms with E-state index in [0.29, 0.717) is 13.1 Å². The molecule has 0 fully saturated rings. The number of oxazole rings is 1. The van der Waals surface area contributed by atoms with Crippen molar-refractivity contribution in [1.29, 1.82) is 0 Å². The summed E-state index contributed by atoms with van der Waals surface area (Å²) < 4.78 is 5.03. The summed E-state index contributed by atoms with van der Waals surface area (Å²) in [7, 11) is 0. The Bertz CT molecular complexity index is 405. The molecule has 86 valence electrons. The number of rotatable bonds is 3. The van der Waals surface area contributed by atoms with E-state index in [4.69, 9.17) is 15.3 Å². The number of hydrogen-bond acceptors (Lipinski definition) is 5. The zero-order valence-corrected chi connectivity index (χ0v) is 8.67. The van der Waals surface area contributed by atoms with Gasteiger partial charge in [0.1, 0.15) is 12.3 Å². The normalized spacial score (nSPS) is 16.8. The van der Waals surface area contributed by atoms with E-state index in [0.717, 1.165) is 0 Å². The Morgan fingerprint density at radius 3 is 2.94 bits per heavy atom. The second-order valence-electron chi connectivity index (χ2n) is 3.54. The fourth-order valence-corrected chi connectivity index (χ4v) is 1.44. The van der Waals surface area contributed by atoms with Gasteiger partial charge in [-0.25, -0.2) is 4.98 Å². The van der Waals surface area contributed by atoms with Crippen molar-refractivity contribution >= 4 is 5.91 Å². The smallest absolute Gasteiger partial charge is 0.276 e. The molecule has 6 heteroatoms. The molecule has 1 amide bonds. The van der Waals surface area contributed by atoms with Gasteiger partial charge in [0.05, 0.1) is 6.61 Å². The van der Waals surface area contributed by atoms with E-state index in [9.17, 15) is 4.79 Å². The number of aliphatic hydroxyl groups excluding tert-OH is 1. The van der Waals surface area contributed by atoms with Crippen LogP contribution in [0.25, 0.3) is 0 Å². The molecule has 2 heterocycles. The Morgan fingerprint density at radius 1 is 1.62 bits per heavy atom. The van der Waals surface area contributed by atoms with E-state index >= 15 is 0 Å². The molecule has 1 aromatic rings. The van der Waals surface area contributed by atoms with E-state index in [1.807, 2.05) is 12.2 Å². The quantitative estimate of drug-likeness (QED) is 0.685. The summed E-state index contributed by atoms with van der Waals surface area (Å²) in [5, 5.41) is 8.82. The number of aromatic nitrogens is 1. The minimum absolute atomic E-state index is 0.179. The number of amides is 1. The summed E-state index contributed by atoms with van der Waals surface area (Å²) >= 11 is 0. The van der Waals surface area contributed by atoms with Crippen LogP contribution in [0.15, 0.2) is 22.8 Å². The van der Waals surface area contributed by atoms with Gasteiger partial charge in [-0.2, -0.15) is 0 Å². The van der Waals surface area contributed by atoms with Crippen LogP contribution in [0.3, 0.4) is 0 Å². The van der Waals surface area contributed by atoms with E-state index in [1.54, 1.807) is 4.90 Å². The Labute approximate surface area is 92.4 Å². The second-order valence-corrected chi connectivity index (χ2v) is 3.54. The molecular formula is C10H13N3O3. The van der Waals surface area contributed by atoms with Gasteiger partial charge in [0.25, 0.3) is 5.91 Å². The highest BCUT2D eigenvalue weighted by atomic mass is 16.3. The van der Waals surface area contributed by atoms with Crippen molar-refractivity contribution in [1.82, 2.24) is 9.88 Å². The molecule has 6 nitrogen and oxygen atoms in total. The SMILES string of the molecule is NC(CO)c1nc(C(=O)N2CC=CC2)co1. The number of nitrogens with zero attached hydrogens (tertiary/aromatic N) is 2. The van der Waals surface area contributed by atoms with Gasteiger partial charge in [0, 0.05) is 13.1 Å². The lowest BCUT2D eigenvalue weighted by molar-refractivity contribution is 0.0794. The maximum Gasteiger partial charge on any atom is 0.276 e. The molecule has 2 rings (SSSR count). The number of carbonyl (C=O) groups is 1. The van der Waals surface area contributed by atoms with Gasteiger partial charge in [-0.3, -0.25) is 4.79 Å². The first-order chi connectivity index (χ1) is 7.72. The Kier molecular flexibility index (Phi) is 3.02. The zero-order valence-electron chi connectivity index (χ0n) is 8.67. The van der Waals surface area contributed by atoms with Gasteiger partial charge in [-0.05, 0) is 0 Å². The molecule has 0 saturated heterocycles. The highest BCUT2D eigenvalue weighted by Gasteiger charge is 2.21. The lowest BCUT2D eigenvalue weighted by Gasteiger charge is -2.12. The first-order valence-electron chi connectivity index (χ1n) is 4.98. The van der Waals surface area contributed by atoms with Crippen LogP contribution in [0.4, 0.5) is 0 Å². The average molecular weight is 223 g/mol. The van der Waals surface area contributed by atoms with Crippen molar-refractivity contribution in [2.45, 2.75) is 6.04 Å². The second kappa shape index (κ2) is 4.46.